The summed E-state index contributed by atoms with van der Waals surface area (Å²) in [7, 11) is 0. The molecule has 11 heteroatoms. The van der Waals surface area contributed by atoms with E-state index in [0.29, 0.717) is 22.7 Å². The summed E-state index contributed by atoms with van der Waals surface area (Å²) in [6.07, 6.45) is 4.28. The van der Waals surface area contributed by atoms with Crippen LogP contribution in [-0.2, 0) is 6.54 Å². The highest BCUT2D eigenvalue weighted by atomic mass is 19.1. The summed E-state index contributed by atoms with van der Waals surface area (Å²) in [5.41, 5.74) is 6.75. The molecule has 1 atom stereocenters. The van der Waals surface area contributed by atoms with Crippen LogP contribution in [-0.4, -0.2) is 47.9 Å². The standard InChI is InChI=1S/C18H16FN7O3/c19-15-7-12(17-21-5-6-28-17)8-22-18(15)29-14-3-1-11(2-4-14)16-23-25-26(24-16)9-13(20)10-27/h1-8,13,27H,9-10,20H2/t13-/m0/s1. The molecule has 10 nitrogen and oxygen atoms in total. The van der Waals surface area contributed by atoms with Gasteiger partial charge < -0.3 is 20.0 Å². The normalized spacial score (nSPS) is 12.1. The zero-order valence-corrected chi connectivity index (χ0v) is 15.0. The minimum atomic E-state index is -0.644. The van der Waals surface area contributed by atoms with Crippen LogP contribution in [0.2, 0.25) is 0 Å². The van der Waals surface area contributed by atoms with E-state index in [0.717, 1.165) is 0 Å². The van der Waals surface area contributed by atoms with Gasteiger partial charge in [-0.15, -0.1) is 10.2 Å². The smallest absolute Gasteiger partial charge is 0.255 e. The molecule has 0 bridgehead atoms. The molecular weight excluding hydrogens is 381 g/mol. The fraction of sp³-hybridized carbons (Fsp3) is 0.167. The van der Waals surface area contributed by atoms with Gasteiger partial charge >= 0.3 is 0 Å². The molecule has 0 saturated carbocycles. The van der Waals surface area contributed by atoms with Gasteiger partial charge in [0.15, 0.2) is 5.82 Å². The molecule has 0 spiro atoms. The first-order valence-corrected chi connectivity index (χ1v) is 8.60. The molecular formula is C18H16FN7O3. The van der Waals surface area contributed by atoms with Crippen molar-refractivity contribution in [1.29, 1.82) is 0 Å². The van der Waals surface area contributed by atoms with Crippen molar-refractivity contribution in [2.45, 2.75) is 12.6 Å². The van der Waals surface area contributed by atoms with Crippen LogP contribution in [0.4, 0.5) is 4.39 Å². The van der Waals surface area contributed by atoms with E-state index in [4.69, 9.17) is 20.0 Å². The Bertz CT molecular complexity index is 1080. The maximum Gasteiger partial charge on any atom is 0.255 e. The van der Waals surface area contributed by atoms with Gasteiger partial charge in [0.25, 0.3) is 5.88 Å². The first-order chi connectivity index (χ1) is 14.1. The number of aromatic nitrogens is 6. The van der Waals surface area contributed by atoms with Gasteiger partial charge in [-0.05, 0) is 35.5 Å². The van der Waals surface area contributed by atoms with Gasteiger partial charge in [0, 0.05) is 17.8 Å². The molecule has 0 amide bonds. The molecule has 0 aliphatic rings. The van der Waals surface area contributed by atoms with Crippen LogP contribution in [0.15, 0.2) is 53.4 Å². The first-order valence-electron chi connectivity index (χ1n) is 8.60. The third-order valence-electron chi connectivity index (χ3n) is 3.90. The van der Waals surface area contributed by atoms with Gasteiger partial charge in [-0.1, -0.05) is 0 Å². The summed E-state index contributed by atoms with van der Waals surface area (Å²) in [6.45, 7) is 0.0751. The summed E-state index contributed by atoms with van der Waals surface area (Å²) in [5.74, 6) is 0.234. The third-order valence-corrected chi connectivity index (χ3v) is 3.90. The lowest BCUT2D eigenvalue weighted by Gasteiger charge is -2.07. The van der Waals surface area contributed by atoms with Crippen molar-refractivity contribution in [2.24, 2.45) is 5.73 Å². The number of ether oxygens (including phenoxy) is 1. The van der Waals surface area contributed by atoms with E-state index in [-0.39, 0.29) is 24.9 Å². The minimum absolute atomic E-state index is 0.171. The maximum atomic E-state index is 14.3. The van der Waals surface area contributed by atoms with Crippen LogP contribution >= 0.6 is 0 Å². The number of aliphatic hydroxyl groups excluding tert-OH is 1. The Morgan fingerprint density at radius 1 is 1.21 bits per heavy atom. The molecule has 3 heterocycles. The predicted octanol–water partition coefficient (Wildman–Crippen LogP) is 1.64. The van der Waals surface area contributed by atoms with Gasteiger partial charge in [-0.3, -0.25) is 0 Å². The number of oxazole rings is 1. The number of benzene rings is 1. The van der Waals surface area contributed by atoms with Gasteiger partial charge in [0.2, 0.25) is 11.7 Å². The Labute approximate surface area is 163 Å². The summed E-state index contributed by atoms with van der Waals surface area (Å²) in [6, 6.07) is 7.47. The van der Waals surface area contributed by atoms with E-state index in [1.165, 1.54) is 29.5 Å². The largest absolute Gasteiger partial charge is 0.444 e. The average molecular weight is 397 g/mol. The zero-order valence-electron chi connectivity index (χ0n) is 15.0. The SMILES string of the molecule is N[C@H](CO)Cn1nnc(-c2ccc(Oc3ncc(-c4ncco4)cc3F)cc2)n1. The molecule has 0 unspecified atom stereocenters. The Morgan fingerprint density at radius 2 is 2.03 bits per heavy atom. The highest BCUT2D eigenvalue weighted by Crippen LogP contribution is 2.27. The van der Waals surface area contributed by atoms with Crippen LogP contribution in [0.1, 0.15) is 0 Å². The lowest BCUT2D eigenvalue weighted by Crippen LogP contribution is -2.30. The van der Waals surface area contributed by atoms with E-state index in [1.807, 2.05) is 0 Å². The van der Waals surface area contributed by atoms with Crippen LogP contribution in [0, 0.1) is 5.82 Å². The second-order valence-corrected chi connectivity index (χ2v) is 6.09. The zero-order chi connectivity index (χ0) is 20.2. The van der Waals surface area contributed by atoms with E-state index in [2.05, 4.69) is 25.4 Å². The van der Waals surface area contributed by atoms with E-state index >= 15 is 0 Å². The van der Waals surface area contributed by atoms with Crippen LogP contribution in [0.25, 0.3) is 22.8 Å². The third kappa shape index (κ3) is 4.25. The number of tetrazole rings is 1. The fourth-order valence-corrected chi connectivity index (χ4v) is 2.47. The number of nitrogens with two attached hydrogens (primary N) is 1. The molecule has 0 aliphatic heterocycles. The van der Waals surface area contributed by atoms with Crippen molar-refractivity contribution in [3.8, 4) is 34.5 Å². The molecule has 1 aromatic carbocycles. The van der Waals surface area contributed by atoms with E-state index in [1.54, 1.807) is 24.3 Å². The summed E-state index contributed by atoms with van der Waals surface area (Å²) in [5, 5.41) is 21.0. The van der Waals surface area contributed by atoms with Crippen molar-refractivity contribution in [2.75, 3.05) is 6.61 Å². The number of pyridine rings is 1. The Morgan fingerprint density at radius 3 is 2.72 bits per heavy atom. The van der Waals surface area contributed by atoms with Crippen molar-refractivity contribution < 1.29 is 18.7 Å². The fourth-order valence-electron chi connectivity index (χ4n) is 2.47. The summed E-state index contributed by atoms with van der Waals surface area (Å²) < 4.78 is 24.9. The van der Waals surface area contributed by atoms with Gasteiger partial charge in [0.05, 0.1) is 24.9 Å². The molecule has 3 N–H and O–H groups in total. The molecule has 0 aliphatic carbocycles. The molecule has 148 valence electrons. The van der Waals surface area contributed by atoms with Crippen molar-refractivity contribution in [1.82, 2.24) is 30.2 Å². The maximum absolute atomic E-state index is 14.3. The molecule has 0 fully saturated rings. The molecule has 0 saturated heterocycles. The lowest BCUT2D eigenvalue weighted by molar-refractivity contribution is 0.245. The highest BCUT2D eigenvalue weighted by Gasteiger charge is 2.13. The molecule has 0 radical (unpaired) electrons. The number of halogens is 1. The van der Waals surface area contributed by atoms with Crippen LogP contribution < -0.4 is 10.5 Å². The molecule has 29 heavy (non-hydrogen) atoms. The van der Waals surface area contributed by atoms with E-state index < -0.39 is 11.9 Å². The van der Waals surface area contributed by atoms with Crippen molar-refractivity contribution in [3.05, 3.63) is 54.8 Å². The van der Waals surface area contributed by atoms with Crippen LogP contribution in [0.5, 0.6) is 11.6 Å². The molecule has 4 aromatic rings. The number of hydrogen-bond donors (Lipinski definition) is 2. The number of nitrogens with zero attached hydrogens (tertiary/aromatic N) is 6. The summed E-state index contributed by atoms with van der Waals surface area (Å²) in [4.78, 5) is 9.25. The monoisotopic (exact) mass is 397 g/mol. The van der Waals surface area contributed by atoms with Crippen molar-refractivity contribution >= 4 is 0 Å². The number of aliphatic hydroxyl groups is 1. The summed E-state index contributed by atoms with van der Waals surface area (Å²) >= 11 is 0. The van der Waals surface area contributed by atoms with Gasteiger partial charge in [-0.25, -0.2) is 14.4 Å². The lowest BCUT2D eigenvalue weighted by atomic mass is 10.2. The quantitative estimate of drug-likeness (QED) is 0.476. The first kappa shape index (κ1) is 18.7. The topological polar surface area (TPSA) is 138 Å². The molecule has 4 rings (SSSR count). The second-order valence-electron chi connectivity index (χ2n) is 6.09. The van der Waals surface area contributed by atoms with Crippen molar-refractivity contribution in [3.63, 3.8) is 0 Å². The number of rotatable bonds is 7. The number of hydrogen-bond acceptors (Lipinski definition) is 9. The van der Waals surface area contributed by atoms with Gasteiger partial charge in [0.1, 0.15) is 12.0 Å². The minimum Gasteiger partial charge on any atom is -0.444 e. The van der Waals surface area contributed by atoms with E-state index in [9.17, 15) is 4.39 Å². The van der Waals surface area contributed by atoms with Gasteiger partial charge in [-0.2, -0.15) is 4.80 Å². The van der Waals surface area contributed by atoms with Crippen LogP contribution in [0.3, 0.4) is 0 Å². The molecule has 3 aromatic heterocycles. The second kappa shape index (κ2) is 8.12. The Hall–Kier alpha value is -3.70. The highest BCUT2D eigenvalue weighted by molar-refractivity contribution is 5.56. The Balaban J connectivity index is 1.46. The Kier molecular flexibility index (Phi) is 5.22. The predicted molar refractivity (Wildman–Crippen MR) is 98.1 cm³/mol. The average Bonchev–Trinajstić information content (AvgIpc) is 3.42.